The minimum absolute atomic E-state index is 0.126. The third-order valence-corrected chi connectivity index (χ3v) is 11.2. The van der Waals surface area contributed by atoms with Crippen LogP contribution in [0.5, 0.6) is 0 Å². The smallest absolute Gasteiger partial charge is 0.338 e. The van der Waals surface area contributed by atoms with Crippen LogP contribution in [0.3, 0.4) is 0 Å². The fourth-order valence-electron chi connectivity index (χ4n) is 8.87. The van der Waals surface area contributed by atoms with Crippen molar-refractivity contribution in [3.8, 4) is 0 Å². The Morgan fingerprint density at radius 3 is 2.32 bits per heavy atom. The molecule has 0 aliphatic heterocycles. The highest BCUT2D eigenvalue weighted by Gasteiger charge is 2.88. The molecule has 5 rings (SSSR count). The predicted molar refractivity (Wildman–Crippen MR) is 164 cm³/mol. The molecule has 0 saturated heterocycles. The Bertz CT molecular complexity index is 1350. The zero-order chi connectivity index (χ0) is 32.1. The van der Waals surface area contributed by atoms with Gasteiger partial charge in [0, 0.05) is 41.9 Å². The molecule has 0 aromatic heterocycles. The van der Waals surface area contributed by atoms with E-state index in [2.05, 4.69) is 6.92 Å². The summed E-state index contributed by atoms with van der Waals surface area (Å²) in [4.78, 5) is 40.4. The second kappa shape index (κ2) is 11.8. The number of benzene rings is 1. The van der Waals surface area contributed by atoms with Crippen molar-refractivity contribution in [2.75, 3.05) is 6.61 Å². The van der Waals surface area contributed by atoms with E-state index < -0.39 is 70.4 Å². The molecule has 240 valence electrons. The molecule has 8 heteroatoms. The zero-order valence-electron chi connectivity index (χ0n) is 26.7. The molecule has 0 bridgehead atoms. The number of carbonyl (C=O) groups excluding carboxylic acids is 3. The van der Waals surface area contributed by atoms with E-state index in [9.17, 15) is 29.7 Å². The van der Waals surface area contributed by atoms with Crippen LogP contribution in [0.15, 0.2) is 53.6 Å². The molecule has 0 radical (unpaired) electrons. The van der Waals surface area contributed by atoms with Gasteiger partial charge in [-0.3, -0.25) is 9.59 Å². The van der Waals surface area contributed by atoms with Gasteiger partial charge in [0.15, 0.2) is 11.4 Å². The van der Waals surface area contributed by atoms with E-state index in [1.165, 1.54) is 6.42 Å². The van der Waals surface area contributed by atoms with Gasteiger partial charge in [0.2, 0.25) is 0 Å². The van der Waals surface area contributed by atoms with Crippen molar-refractivity contribution in [1.82, 2.24) is 0 Å². The molecule has 44 heavy (non-hydrogen) atoms. The van der Waals surface area contributed by atoms with Crippen molar-refractivity contribution in [1.29, 1.82) is 0 Å². The first-order chi connectivity index (χ1) is 20.8. The lowest BCUT2D eigenvalue weighted by Crippen LogP contribution is -2.66. The quantitative estimate of drug-likeness (QED) is 0.180. The number of ether oxygens (including phenoxy) is 2. The van der Waals surface area contributed by atoms with Crippen LogP contribution in [0, 0.1) is 29.1 Å². The summed E-state index contributed by atoms with van der Waals surface area (Å²) in [7, 11) is 0. The number of Topliss-reactive ketones (excluding diaryl/α,β-unsaturated/α-hetero) is 1. The number of aliphatic hydroxyl groups is 3. The molecule has 2 saturated carbocycles. The van der Waals surface area contributed by atoms with E-state index in [0.717, 1.165) is 25.7 Å². The van der Waals surface area contributed by atoms with E-state index in [1.807, 2.05) is 13.8 Å². The fraction of sp³-hybridized carbons (Fsp3) is 0.639. The van der Waals surface area contributed by atoms with Gasteiger partial charge in [-0.1, -0.05) is 90.2 Å². The molecule has 0 amide bonds. The second-order valence-electron chi connectivity index (χ2n) is 14.1. The van der Waals surface area contributed by atoms with E-state index in [4.69, 9.17) is 9.47 Å². The van der Waals surface area contributed by atoms with Crippen molar-refractivity contribution in [3.63, 3.8) is 0 Å². The fourth-order valence-corrected chi connectivity index (χ4v) is 8.87. The monoisotopic (exact) mass is 608 g/mol. The Hall–Kier alpha value is -2.81. The van der Waals surface area contributed by atoms with Crippen molar-refractivity contribution in [2.45, 2.75) is 109 Å². The molecule has 8 nitrogen and oxygen atoms in total. The number of hydrogen-bond donors (Lipinski definition) is 3. The van der Waals surface area contributed by atoms with Crippen LogP contribution in [0.25, 0.3) is 0 Å². The van der Waals surface area contributed by atoms with Crippen LogP contribution >= 0.6 is 0 Å². The normalized spacial score (nSPS) is 36.6. The number of hydrogen-bond acceptors (Lipinski definition) is 8. The minimum atomic E-state index is -1.96. The van der Waals surface area contributed by atoms with E-state index in [1.54, 1.807) is 56.3 Å². The standard InChI is InChI=1S/C36H48O8/c1-6-7-8-9-10-14-17-28(38)44-36-29(33(36,4)5)26-19-24(21-37)20-34(41)27(18-22(2)30(34)39)35(26,42)23(3)31(36)43-32(40)25-15-12-11-13-16-25/h11-13,15-16,18-19,23,26-27,29,31,37,41-42H,6-10,14,17,20-21H2,1-5H3. The van der Waals surface area contributed by atoms with Crippen molar-refractivity contribution < 1.29 is 39.2 Å². The molecule has 1 aromatic rings. The molecule has 3 N–H and O–H groups in total. The molecular weight excluding hydrogens is 560 g/mol. The maximum absolute atomic E-state index is 13.6. The highest BCUT2D eigenvalue weighted by Crippen LogP contribution is 2.77. The molecule has 4 aliphatic rings. The first kappa shape index (κ1) is 32.6. The summed E-state index contributed by atoms with van der Waals surface area (Å²) >= 11 is 0. The van der Waals surface area contributed by atoms with Crippen LogP contribution in [-0.2, 0) is 19.1 Å². The first-order valence-electron chi connectivity index (χ1n) is 16.3. The number of rotatable bonds is 11. The van der Waals surface area contributed by atoms with Crippen LogP contribution in [0.4, 0.5) is 0 Å². The first-order valence-corrected chi connectivity index (χ1v) is 16.3. The summed E-state index contributed by atoms with van der Waals surface area (Å²) < 4.78 is 12.7. The van der Waals surface area contributed by atoms with Gasteiger partial charge >= 0.3 is 11.9 Å². The summed E-state index contributed by atoms with van der Waals surface area (Å²) in [6.45, 7) is 9.02. The second-order valence-corrected chi connectivity index (χ2v) is 14.1. The average molecular weight is 609 g/mol. The van der Waals surface area contributed by atoms with E-state index >= 15 is 0 Å². The molecule has 8 unspecified atom stereocenters. The minimum Gasteiger partial charge on any atom is -0.454 e. The summed E-state index contributed by atoms with van der Waals surface area (Å²) in [6, 6.07) is 8.54. The van der Waals surface area contributed by atoms with Crippen molar-refractivity contribution >= 4 is 17.7 Å². The number of aliphatic hydroxyl groups excluding tert-OH is 1. The highest BCUT2D eigenvalue weighted by molar-refractivity contribution is 6.04. The third-order valence-electron chi connectivity index (χ3n) is 11.2. The Kier molecular flexibility index (Phi) is 8.77. The summed E-state index contributed by atoms with van der Waals surface area (Å²) in [6.07, 6.45) is 8.54. The average Bonchev–Trinajstić information content (AvgIpc) is 3.42. The Labute approximate surface area is 260 Å². The van der Waals surface area contributed by atoms with Gasteiger partial charge in [-0.15, -0.1) is 0 Å². The summed E-state index contributed by atoms with van der Waals surface area (Å²) in [5, 5.41) is 35.1. The molecule has 0 heterocycles. The maximum Gasteiger partial charge on any atom is 0.338 e. The van der Waals surface area contributed by atoms with Gasteiger partial charge in [-0.25, -0.2) is 4.79 Å². The molecule has 4 aliphatic carbocycles. The Balaban J connectivity index is 1.56. The Morgan fingerprint density at radius 1 is 1.00 bits per heavy atom. The zero-order valence-corrected chi connectivity index (χ0v) is 26.7. The number of fused-ring (bicyclic) bond motifs is 5. The van der Waals surface area contributed by atoms with Gasteiger partial charge in [-0.2, -0.15) is 0 Å². The molecule has 1 aromatic carbocycles. The van der Waals surface area contributed by atoms with Crippen LogP contribution in [0.1, 0.15) is 96.3 Å². The van der Waals surface area contributed by atoms with Gasteiger partial charge in [0.25, 0.3) is 0 Å². The molecule has 2 fully saturated rings. The van der Waals surface area contributed by atoms with Crippen LogP contribution in [-0.4, -0.2) is 62.6 Å². The number of ketones is 1. The van der Waals surface area contributed by atoms with Gasteiger partial charge < -0.3 is 24.8 Å². The van der Waals surface area contributed by atoms with Gasteiger partial charge in [0.1, 0.15) is 11.7 Å². The van der Waals surface area contributed by atoms with Crippen molar-refractivity contribution in [3.05, 3.63) is 59.2 Å². The number of unbranched alkanes of at least 4 members (excludes halogenated alkanes) is 5. The molecule has 8 atom stereocenters. The van der Waals surface area contributed by atoms with Gasteiger partial charge in [-0.05, 0) is 36.6 Å². The van der Waals surface area contributed by atoms with E-state index in [-0.39, 0.29) is 18.8 Å². The molecule has 0 spiro atoms. The lowest BCUT2D eigenvalue weighted by Gasteiger charge is -2.53. The third kappa shape index (κ3) is 4.88. The predicted octanol–water partition coefficient (Wildman–Crippen LogP) is 5.10. The maximum atomic E-state index is 13.6. The number of carbonyl (C=O) groups is 3. The van der Waals surface area contributed by atoms with Crippen molar-refractivity contribution in [2.24, 2.45) is 29.1 Å². The summed E-state index contributed by atoms with van der Waals surface area (Å²) in [5.74, 6) is -4.56. The lowest BCUT2D eigenvalue weighted by molar-refractivity contribution is -0.219. The Morgan fingerprint density at radius 2 is 1.66 bits per heavy atom. The lowest BCUT2D eigenvalue weighted by atomic mass is 9.59. The SMILES string of the molecule is CCCCCCCCC(=O)OC12C(OC(=O)c3ccccc3)C(C)C3(O)C(C=C(CO)CC4(O)C(=O)C(C)=CC43)C1C2(C)C. The summed E-state index contributed by atoms with van der Waals surface area (Å²) in [5.41, 5.74) is -4.61. The van der Waals surface area contributed by atoms with Crippen LogP contribution < -0.4 is 0 Å². The highest BCUT2D eigenvalue weighted by atomic mass is 16.6. The largest absolute Gasteiger partial charge is 0.454 e. The molecular formula is C36H48O8. The number of esters is 2. The van der Waals surface area contributed by atoms with E-state index in [0.29, 0.717) is 23.1 Å². The van der Waals surface area contributed by atoms with Crippen LogP contribution in [0.2, 0.25) is 0 Å². The van der Waals surface area contributed by atoms with Gasteiger partial charge in [0.05, 0.1) is 17.8 Å². The topological polar surface area (TPSA) is 130 Å².